The van der Waals surface area contributed by atoms with Gasteiger partial charge in [-0.25, -0.2) is 14.5 Å². The molecule has 0 N–H and O–H groups in total. The van der Waals surface area contributed by atoms with E-state index in [0.717, 1.165) is 5.56 Å². The number of hydrogen-bond donors (Lipinski definition) is 0. The third-order valence-corrected chi connectivity index (χ3v) is 5.39. The van der Waals surface area contributed by atoms with Crippen molar-refractivity contribution in [1.82, 2.24) is 14.5 Å². The van der Waals surface area contributed by atoms with Crippen molar-refractivity contribution in [3.8, 4) is 11.6 Å². The molecule has 0 aliphatic carbocycles. The first-order valence-electron chi connectivity index (χ1n) is 9.08. The second kappa shape index (κ2) is 8.68. The van der Waals surface area contributed by atoms with Gasteiger partial charge in [-0.2, -0.15) is 0 Å². The molecule has 4 rings (SSSR count). The Bertz CT molecular complexity index is 1210. The zero-order chi connectivity index (χ0) is 20.2. The fraction of sp³-hybridized carbons (Fsp3) is 0.136. The molecule has 29 heavy (non-hydrogen) atoms. The molecule has 0 saturated carbocycles. The van der Waals surface area contributed by atoms with Crippen molar-refractivity contribution in [2.45, 2.75) is 12.1 Å². The maximum Gasteiger partial charge on any atom is 0.267 e. The molecule has 146 valence electrons. The number of para-hydroxylation sites is 1. The molecule has 0 aliphatic rings. The quantitative estimate of drug-likeness (QED) is 0.250. The van der Waals surface area contributed by atoms with Crippen LogP contribution in [0, 0.1) is 6.92 Å². The van der Waals surface area contributed by atoms with E-state index in [-0.39, 0.29) is 5.56 Å². The van der Waals surface area contributed by atoms with Gasteiger partial charge >= 0.3 is 0 Å². The first kappa shape index (κ1) is 19.5. The van der Waals surface area contributed by atoms with Crippen LogP contribution in [0.5, 0.6) is 5.75 Å². The summed E-state index contributed by atoms with van der Waals surface area (Å²) in [4.78, 5) is 22.3. The van der Waals surface area contributed by atoms with Crippen LogP contribution in [0.25, 0.3) is 16.7 Å². The summed E-state index contributed by atoms with van der Waals surface area (Å²) in [6.45, 7) is 2.41. The van der Waals surface area contributed by atoms with Crippen molar-refractivity contribution < 1.29 is 4.74 Å². The van der Waals surface area contributed by atoms with E-state index in [1.54, 1.807) is 29.0 Å². The Morgan fingerprint density at radius 1 is 1.10 bits per heavy atom. The van der Waals surface area contributed by atoms with Gasteiger partial charge in [-0.05, 0) is 48.9 Å². The molecule has 2 aromatic heterocycles. The summed E-state index contributed by atoms with van der Waals surface area (Å²) in [5.74, 6) is 1.88. The van der Waals surface area contributed by atoms with Crippen molar-refractivity contribution in [3.63, 3.8) is 0 Å². The molecule has 0 fully saturated rings. The molecular weight excluding hydrogens is 406 g/mol. The molecule has 2 aromatic carbocycles. The number of rotatable bonds is 6. The van der Waals surface area contributed by atoms with E-state index >= 15 is 0 Å². The molecule has 0 spiro atoms. The molecule has 0 atom stereocenters. The molecule has 0 unspecified atom stereocenters. The van der Waals surface area contributed by atoms with Gasteiger partial charge in [0.25, 0.3) is 5.56 Å². The Labute approximate surface area is 177 Å². The zero-order valence-corrected chi connectivity index (χ0v) is 17.3. The molecule has 5 nitrogen and oxygen atoms in total. The summed E-state index contributed by atoms with van der Waals surface area (Å²) >= 11 is 7.44. The van der Waals surface area contributed by atoms with Crippen molar-refractivity contribution in [3.05, 3.63) is 87.8 Å². The lowest BCUT2D eigenvalue weighted by Crippen LogP contribution is -2.23. The first-order valence-corrected chi connectivity index (χ1v) is 10.4. The van der Waals surface area contributed by atoms with E-state index in [9.17, 15) is 4.79 Å². The van der Waals surface area contributed by atoms with Crippen LogP contribution in [0.4, 0.5) is 0 Å². The van der Waals surface area contributed by atoms with Crippen LogP contribution in [0.1, 0.15) is 5.56 Å². The largest absolute Gasteiger partial charge is 0.493 e. The van der Waals surface area contributed by atoms with E-state index in [1.165, 1.54) is 11.8 Å². The van der Waals surface area contributed by atoms with Gasteiger partial charge < -0.3 is 4.74 Å². The summed E-state index contributed by atoms with van der Waals surface area (Å²) in [6.07, 6.45) is 1.74. The minimum Gasteiger partial charge on any atom is -0.493 e. The number of nitrogens with zero attached hydrogens (tertiary/aromatic N) is 3. The monoisotopic (exact) mass is 423 g/mol. The van der Waals surface area contributed by atoms with Gasteiger partial charge in [0.05, 0.1) is 17.5 Å². The summed E-state index contributed by atoms with van der Waals surface area (Å²) in [5, 5.41) is 1.78. The summed E-state index contributed by atoms with van der Waals surface area (Å²) < 4.78 is 7.31. The highest BCUT2D eigenvalue weighted by Gasteiger charge is 2.14. The topological polar surface area (TPSA) is 57.0 Å². The van der Waals surface area contributed by atoms with Gasteiger partial charge in [0.2, 0.25) is 0 Å². The molecule has 0 radical (unpaired) electrons. The second-order valence-corrected chi connectivity index (χ2v) is 7.90. The molecule has 4 aromatic rings. The van der Waals surface area contributed by atoms with Gasteiger partial charge in [-0.3, -0.25) is 4.79 Å². The molecular formula is C22H18ClN3O2S. The van der Waals surface area contributed by atoms with E-state index in [1.807, 2.05) is 49.4 Å². The molecule has 7 heteroatoms. The number of pyridine rings is 1. The highest BCUT2D eigenvalue weighted by molar-refractivity contribution is 7.99. The van der Waals surface area contributed by atoms with Crippen molar-refractivity contribution in [2.75, 3.05) is 12.4 Å². The van der Waals surface area contributed by atoms with E-state index in [2.05, 4.69) is 4.98 Å². The van der Waals surface area contributed by atoms with Crippen molar-refractivity contribution >= 4 is 34.3 Å². The summed E-state index contributed by atoms with van der Waals surface area (Å²) in [6, 6.07) is 18.4. The third kappa shape index (κ3) is 4.44. The average molecular weight is 424 g/mol. The second-order valence-electron chi connectivity index (χ2n) is 6.40. The predicted molar refractivity (Wildman–Crippen MR) is 118 cm³/mol. The molecule has 0 aliphatic heterocycles. The maximum absolute atomic E-state index is 13.2. The SMILES string of the molecule is Cc1ccc(-n2c(SCCOc3cccc(Cl)c3)nc3ccccc3c2=O)nc1. The summed E-state index contributed by atoms with van der Waals surface area (Å²) in [7, 11) is 0. The van der Waals surface area contributed by atoms with Crippen LogP contribution in [0.2, 0.25) is 5.02 Å². The Morgan fingerprint density at radius 2 is 1.97 bits per heavy atom. The molecule has 0 saturated heterocycles. The van der Waals surface area contributed by atoms with E-state index in [4.69, 9.17) is 21.3 Å². The Morgan fingerprint density at radius 3 is 2.76 bits per heavy atom. The number of hydrogen-bond acceptors (Lipinski definition) is 5. The zero-order valence-electron chi connectivity index (χ0n) is 15.7. The summed E-state index contributed by atoms with van der Waals surface area (Å²) in [5.41, 5.74) is 1.56. The Balaban J connectivity index is 1.62. The number of halogens is 1. The highest BCUT2D eigenvalue weighted by atomic mass is 35.5. The Kier molecular flexibility index (Phi) is 5.83. The first-order chi connectivity index (χ1) is 14.1. The lowest BCUT2D eigenvalue weighted by molar-refractivity contribution is 0.344. The van der Waals surface area contributed by atoms with Gasteiger partial charge in [0.1, 0.15) is 11.6 Å². The van der Waals surface area contributed by atoms with Crippen LogP contribution in [-0.2, 0) is 0 Å². The normalized spacial score (nSPS) is 11.0. The lowest BCUT2D eigenvalue weighted by atomic mass is 10.2. The fourth-order valence-corrected chi connectivity index (χ4v) is 3.85. The molecule has 0 bridgehead atoms. The number of aryl methyl sites for hydroxylation is 1. The minimum absolute atomic E-state index is 0.134. The number of fused-ring (bicyclic) bond motifs is 1. The maximum atomic E-state index is 13.2. The fourth-order valence-electron chi connectivity index (χ4n) is 2.85. The molecule has 0 amide bonds. The van der Waals surface area contributed by atoms with Crippen LogP contribution < -0.4 is 10.3 Å². The minimum atomic E-state index is -0.134. The van der Waals surface area contributed by atoms with Gasteiger partial charge in [-0.15, -0.1) is 0 Å². The standard InChI is InChI=1S/C22H18ClN3O2S/c1-15-9-10-20(24-14-15)26-21(27)18-7-2-3-8-19(18)25-22(26)29-12-11-28-17-6-4-5-16(23)13-17/h2-10,13-14H,11-12H2,1H3. The smallest absolute Gasteiger partial charge is 0.267 e. The lowest BCUT2D eigenvalue weighted by Gasteiger charge is -2.13. The third-order valence-electron chi connectivity index (χ3n) is 4.25. The van der Waals surface area contributed by atoms with Crippen LogP contribution in [0.3, 0.4) is 0 Å². The molecule has 2 heterocycles. The van der Waals surface area contributed by atoms with Crippen molar-refractivity contribution in [2.24, 2.45) is 0 Å². The van der Waals surface area contributed by atoms with Crippen LogP contribution >= 0.6 is 23.4 Å². The Hall–Kier alpha value is -2.83. The number of ether oxygens (including phenoxy) is 1. The number of thioether (sulfide) groups is 1. The van der Waals surface area contributed by atoms with Gasteiger partial charge in [-0.1, -0.05) is 47.6 Å². The highest BCUT2D eigenvalue weighted by Crippen LogP contribution is 2.22. The van der Waals surface area contributed by atoms with Crippen molar-refractivity contribution in [1.29, 1.82) is 0 Å². The number of benzene rings is 2. The van der Waals surface area contributed by atoms with Crippen LogP contribution in [-0.4, -0.2) is 26.9 Å². The predicted octanol–water partition coefficient (Wildman–Crippen LogP) is 4.91. The number of aromatic nitrogens is 3. The average Bonchev–Trinajstić information content (AvgIpc) is 2.72. The van der Waals surface area contributed by atoms with E-state index < -0.39 is 0 Å². The van der Waals surface area contributed by atoms with Crippen LogP contribution in [0.15, 0.2) is 76.8 Å². The van der Waals surface area contributed by atoms with Gasteiger partial charge in [0.15, 0.2) is 5.16 Å². The van der Waals surface area contributed by atoms with E-state index in [0.29, 0.717) is 45.0 Å². The van der Waals surface area contributed by atoms with Gasteiger partial charge in [0, 0.05) is 17.0 Å².